The molecule has 0 aliphatic carbocycles. The third kappa shape index (κ3) is 6.28. The van der Waals surface area contributed by atoms with Crippen LogP contribution in [0, 0.1) is 0 Å². The molecule has 1 heterocycles. The van der Waals surface area contributed by atoms with Crippen molar-refractivity contribution < 1.29 is 28.7 Å². The first-order chi connectivity index (χ1) is 13.0. The Labute approximate surface area is 157 Å². The highest BCUT2D eigenvalue weighted by atomic mass is 16.6. The van der Waals surface area contributed by atoms with E-state index in [-0.39, 0.29) is 19.7 Å². The van der Waals surface area contributed by atoms with Gasteiger partial charge in [-0.2, -0.15) is 0 Å². The molecule has 0 bridgehead atoms. The van der Waals surface area contributed by atoms with Crippen molar-refractivity contribution in [2.75, 3.05) is 26.7 Å². The molecule has 0 unspecified atom stereocenters. The maximum atomic E-state index is 12.3. The third-order valence-corrected chi connectivity index (χ3v) is 4.08. The lowest BCUT2D eigenvalue weighted by atomic mass is 10.2. The predicted octanol–water partition coefficient (Wildman–Crippen LogP) is 0.193. The van der Waals surface area contributed by atoms with Gasteiger partial charge < -0.3 is 20.1 Å². The van der Waals surface area contributed by atoms with Crippen LogP contribution >= 0.6 is 0 Å². The van der Waals surface area contributed by atoms with E-state index in [0.29, 0.717) is 19.4 Å². The van der Waals surface area contributed by atoms with Crippen molar-refractivity contribution in [3.63, 3.8) is 0 Å². The highest BCUT2D eigenvalue weighted by Crippen LogP contribution is 2.19. The van der Waals surface area contributed by atoms with Crippen molar-refractivity contribution in [2.24, 2.45) is 0 Å². The molecular formula is C18H23N3O6. The van der Waals surface area contributed by atoms with Crippen molar-refractivity contribution in [3.05, 3.63) is 35.9 Å². The zero-order valence-electron chi connectivity index (χ0n) is 15.1. The van der Waals surface area contributed by atoms with Crippen molar-refractivity contribution in [2.45, 2.75) is 25.5 Å². The van der Waals surface area contributed by atoms with Gasteiger partial charge >= 0.3 is 12.1 Å². The average molecular weight is 377 g/mol. The largest absolute Gasteiger partial charge is 0.468 e. The molecule has 1 saturated heterocycles. The van der Waals surface area contributed by atoms with Gasteiger partial charge in [0, 0.05) is 6.54 Å². The van der Waals surface area contributed by atoms with E-state index >= 15 is 0 Å². The van der Waals surface area contributed by atoms with Crippen molar-refractivity contribution in [1.29, 1.82) is 0 Å². The Kier molecular flexibility index (Phi) is 7.60. The summed E-state index contributed by atoms with van der Waals surface area (Å²) in [5.41, 5.74) is 0.855. The van der Waals surface area contributed by atoms with E-state index < -0.39 is 29.9 Å². The summed E-state index contributed by atoms with van der Waals surface area (Å²) in [7, 11) is 1.21. The van der Waals surface area contributed by atoms with Crippen molar-refractivity contribution in [3.8, 4) is 0 Å². The van der Waals surface area contributed by atoms with Crippen LogP contribution in [0.1, 0.15) is 18.4 Å². The van der Waals surface area contributed by atoms with E-state index in [4.69, 9.17) is 4.74 Å². The van der Waals surface area contributed by atoms with Gasteiger partial charge in [-0.05, 0) is 18.4 Å². The van der Waals surface area contributed by atoms with Crippen LogP contribution in [0.5, 0.6) is 0 Å². The number of hydrogen-bond donors (Lipinski definition) is 2. The van der Waals surface area contributed by atoms with Gasteiger partial charge in [0.25, 0.3) is 0 Å². The topological polar surface area (TPSA) is 114 Å². The molecule has 2 rings (SSSR count). The normalized spacial score (nSPS) is 15.7. The lowest BCUT2D eigenvalue weighted by molar-refractivity contribution is -0.141. The van der Waals surface area contributed by atoms with E-state index in [1.54, 1.807) is 0 Å². The zero-order chi connectivity index (χ0) is 19.6. The molecule has 9 heteroatoms. The molecule has 1 atom stereocenters. The summed E-state index contributed by atoms with van der Waals surface area (Å²) in [6.45, 7) is -0.0213. The standard InChI is InChI=1S/C18H23N3O6/c1-26-16(23)11-19-15(22)10-20-17(24)14-8-5-9-21(14)18(25)27-12-13-6-3-2-4-7-13/h2-4,6-7,14H,5,8-12H2,1H3,(H,19,22)(H,20,24)/t14-/m1/s1. The van der Waals surface area contributed by atoms with E-state index in [2.05, 4.69) is 15.4 Å². The number of esters is 1. The highest BCUT2D eigenvalue weighted by molar-refractivity contribution is 5.90. The Bertz CT molecular complexity index is 679. The number of likely N-dealkylation sites (tertiary alicyclic amines) is 1. The molecule has 0 spiro atoms. The van der Waals surface area contributed by atoms with Gasteiger partial charge in [0.2, 0.25) is 11.8 Å². The molecule has 1 aliphatic heterocycles. The van der Waals surface area contributed by atoms with Gasteiger partial charge in [0.05, 0.1) is 13.7 Å². The predicted molar refractivity (Wildman–Crippen MR) is 94.4 cm³/mol. The molecule has 146 valence electrons. The first-order valence-electron chi connectivity index (χ1n) is 8.60. The van der Waals surface area contributed by atoms with Crippen LogP contribution in [0.15, 0.2) is 30.3 Å². The molecule has 0 aromatic heterocycles. The molecule has 1 fully saturated rings. The molecule has 1 aromatic rings. The Morgan fingerprint density at radius 1 is 1.11 bits per heavy atom. The van der Waals surface area contributed by atoms with Crippen LogP contribution in [0.3, 0.4) is 0 Å². The number of carbonyl (C=O) groups excluding carboxylic acids is 4. The first kappa shape index (κ1) is 20.2. The van der Waals surface area contributed by atoms with Crippen LogP contribution in [0.2, 0.25) is 0 Å². The van der Waals surface area contributed by atoms with E-state index in [0.717, 1.165) is 5.56 Å². The summed E-state index contributed by atoms with van der Waals surface area (Å²) < 4.78 is 9.68. The van der Waals surface area contributed by atoms with E-state index in [1.165, 1.54) is 12.0 Å². The summed E-state index contributed by atoms with van der Waals surface area (Å²) in [6.07, 6.45) is 0.606. The number of nitrogens with one attached hydrogen (secondary N) is 2. The molecule has 0 saturated carbocycles. The summed E-state index contributed by atoms with van der Waals surface area (Å²) in [4.78, 5) is 48.5. The molecule has 9 nitrogen and oxygen atoms in total. The van der Waals surface area contributed by atoms with Gasteiger partial charge in [-0.3, -0.25) is 19.3 Å². The third-order valence-electron chi connectivity index (χ3n) is 4.08. The fourth-order valence-corrected chi connectivity index (χ4v) is 2.65. The number of hydrogen-bond acceptors (Lipinski definition) is 6. The maximum absolute atomic E-state index is 12.3. The minimum Gasteiger partial charge on any atom is -0.468 e. The van der Waals surface area contributed by atoms with Crippen LogP contribution in [-0.4, -0.2) is 61.6 Å². The number of methoxy groups -OCH3 is 1. The number of amides is 3. The summed E-state index contributed by atoms with van der Waals surface area (Å²) in [5.74, 6) is -1.54. The SMILES string of the molecule is COC(=O)CNC(=O)CNC(=O)[C@H]1CCCN1C(=O)OCc1ccccc1. The Morgan fingerprint density at radius 3 is 2.56 bits per heavy atom. The minimum absolute atomic E-state index is 0.125. The van der Waals surface area contributed by atoms with Crippen LogP contribution in [0.25, 0.3) is 0 Å². The Morgan fingerprint density at radius 2 is 1.85 bits per heavy atom. The quantitative estimate of drug-likeness (QED) is 0.656. The molecule has 27 heavy (non-hydrogen) atoms. The lowest BCUT2D eigenvalue weighted by Crippen LogP contribution is -2.48. The number of benzene rings is 1. The summed E-state index contributed by atoms with van der Waals surface area (Å²) in [6, 6.07) is 8.57. The number of carbonyl (C=O) groups is 4. The molecule has 0 radical (unpaired) electrons. The minimum atomic E-state index is -0.679. The fraction of sp³-hybridized carbons (Fsp3) is 0.444. The van der Waals surface area contributed by atoms with Crippen LogP contribution in [-0.2, 0) is 30.5 Å². The molecular weight excluding hydrogens is 354 g/mol. The van der Waals surface area contributed by atoms with Crippen molar-refractivity contribution in [1.82, 2.24) is 15.5 Å². The van der Waals surface area contributed by atoms with Crippen LogP contribution in [0.4, 0.5) is 4.79 Å². The Balaban J connectivity index is 1.78. The monoisotopic (exact) mass is 377 g/mol. The molecule has 1 aromatic carbocycles. The second kappa shape index (κ2) is 10.1. The number of rotatable bonds is 7. The van der Waals surface area contributed by atoms with Crippen molar-refractivity contribution >= 4 is 23.9 Å². The maximum Gasteiger partial charge on any atom is 0.410 e. The van der Waals surface area contributed by atoms with Gasteiger partial charge in [0.1, 0.15) is 19.2 Å². The fourth-order valence-electron chi connectivity index (χ4n) is 2.65. The van der Waals surface area contributed by atoms with Crippen LogP contribution < -0.4 is 10.6 Å². The number of ether oxygens (including phenoxy) is 2. The second-order valence-corrected chi connectivity index (χ2v) is 5.96. The van der Waals surface area contributed by atoms with Gasteiger partial charge in [0.15, 0.2) is 0 Å². The van der Waals surface area contributed by atoms with Gasteiger partial charge in [-0.1, -0.05) is 30.3 Å². The highest BCUT2D eigenvalue weighted by Gasteiger charge is 2.35. The summed E-state index contributed by atoms with van der Waals surface area (Å²) >= 11 is 0. The van der Waals surface area contributed by atoms with Gasteiger partial charge in [-0.15, -0.1) is 0 Å². The number of nitrogens with zero attached hydrogens (tertiary/aromatic N) is 1. The zero-order valence-corrected chi connectivity index (χ0v) is 15.1. The lowest BCUT2D eigenvalue weighted by Gasteiger charge is -2.23. The first-order valence-corrected chi connectivity index (χ1v) is 8.60. The molecule has 3 amide bonds. The molecule has 1 aliphatic rings. The van der Waals surface area contributed by atoms with E-state index in [9.17, 15) is 19.2 Å². The summed E-state index contributed by atoms with van der Waals surface area (Å²) in [5, 5.41) is 4.79. The van der Waals surface area contributed by atoms with E-state index in [1.807, 2.05) is 30.3 Å². The Hall–Kier alpha value is -3.10. The molecule has 2 N–H and O–H groups in total. The van der Waals surface area contributed by atoms with Gasteiger partial charge in [-0.25, -0.2) is 4.79 Å². The smallest absolute Gasteiger partial charge is 0.410 e. The second-order valence-electron chi connectivity index (χ2n) is 5.96. The average Bonchev–Trinajstić information content (AvgIpc) is 3.19.